The molecule has 0 radical (unpaired) electrons. The third-order valence-electron chi connectivity index (χ3n) is 5.28. The number of para-hydroxylation sites is 1. The number of aromatic hydroxyl groups is 1. The molecule has 8 heteroatoms. The summed E-state index contributed by atoms with van der Waals surface area (Å²) in [5.74, 6) is -0.656. The predicted octanol–water partition coefficient (Wildman–Crippen LogP) is 2.97. The minimum Gasteiger partial charge on any atom is -0.505 e. The number of benzene rings is 1. The Kier molecular flexibility index (Phi) is 5.67. The SMILES string of the molecule is CN(C)C(=O)c1cccc(Nc2c(NC(c3cccn3C)C(C)(C)C)c(=O)c2=O)c1O. The molecule has 0 aliphatic heterocycles. The van der Waals surface area contributed by atoms with Crippen LogP contribution in [0.4, 0.5) is 17.1 Å². The molecule has 3 rings (SSSR count). The summed E-state index contributed by atoms with van der Waals surface area (Å²) in [7, 11) is 5.08. The number of nitrogens with zero attached hydrogens (tertiary/aromatic N) is 2. The first-order valence-electron chi connectivity index (χ1n) is 9.95. The molecule has 1 amide bonds. The molecule has 3 aromatic rings. The fraction of sp³-hybridized carbons (Fsp3) is 0.348. The Labute approximate surface area is 180 Å². The molecular formula is C23H28N4O4. The number of aryl methyl sites for hydroxylation is 1. The van der Waals surface area contributed by atoms with E-state index in [0.717, 1.165) is 5.69 Å². The van der Waals surface area contributed by atoms with Crippen LogP contribution >= 0.6 is 0 Å². The van der Waals surface area contributed by atoms with Crippen molar-refractivity contribution in [3.05, 3.63) is 68.2 Å². The summed E-state index contributed by atoms with van der Waals surface area (Å²) in [6, 6.07) is 8.27. The number of phenols is 1. The van der Waals surface area contributed by atoms with Gasteiger partial charge in [-0.2, -0.15) is 0 Å². The molecule has 1 unspecified atom stereocenters. The number of nitrogens with one attached hydrogen (secondary N) is 2. The van der Waals surface area contributed by atoms with Gasteiger partial charge in [0.15, 0.2) is 5.75 Å². The summed E-state index contributed by atoms with van der Waals surface area (Å²) < 4.78 is 1.96. The lowest BCUT2D eigenvalue weighted by atomic mass is 9.84. The maximum atomic E-state index is 12.4. The molecule has 1 heterocycles. The Balaban J connectivity index is 1.97. The van der Waals surface area contributed by atoms with E-state index in [2.05, 4.69) is 10.6 Å². The molecule has 0 fully saturated rings. The molecule has 31 heavy (non-hydrogen) atoms. The van der Waals surface area contributed by atoms with E-state index in [9.17, 15) is 19.5 Å². The summed E-state index contributed by atoms with van der Waals surface area (Å²) >= 11 is 0. The van der Waals surface area contributed by atoms with Crippen molar-refractivity contribution in [1.82, 2.24) is 9.47 Å². The normalized spacial score (nSPS) is 12.6. The average Bonchev–Trinajstić information content (AvgIpc) is 3.11. The number of carbonyl (C=O) groups excluding carboxylic acids is 1. The highest BCUT2D eigenvalue weighted by Crippen LogP contribution is 2.38. The second-order valence-electron chi connectivity index (χ2n) is 8.92. The van der Waals surface area contributed by atoms with Crippen LogP contribution in [0, 0.1) is 5.41 Å². The van der Waals surface area contributed by atoms with E-state index in [-0.39, 0.29) is 45.7 Å². The fourth-order valence-corrected chi connectivity index (χ4v) is 3.49. The van der Waals surface area contributed by atoms with Crippen molar-refractivity contribution in [2.24, 2.45) is 12.5 Å². The maximum Gasteiger partial charge on any atom is 0.257 e. The second kappa shape index (κ2) is 7.94. The van der Waals surface area contributed by atoms with Gasteiger partial charge in [-0.3, -0.25) is 14.4 Å². The highest BCUT2D eigenvalue weighted by atomic mass is 16.3. The van der Waals surface area contributed by atoms with Crippen LogP contribution in [0.15, 0.2) is 46.1 Å². The van der Waals surface area contributed by atoms with Crippen LogP contribution in [-0.4, -0.2) is 34.6 Å². The second-order valence-corrected chi connectivity index (χ2v) is 8.92. The van der Waals surface area contributed by atoms with E-state index in [1.807, 2.05) is 50.7 Å². The van der Waals surface area contributed by atoms with Gasteiger partial charge in [-0.15, -0.1) is 0 Å². The smallest absolute Gasteiger partial charge is 0.257 e. The molecule has 0 aliphatic carbocycles. The minimum atomic E-state index is -0.675. The number of phenolic OH excluding ortho intramolecular Hbond substituents is 1. The third-order valence-corrected chi connectivity index (χ3v) is 5.28. The summed E-state index contributed by atoms with van der Waals surface area (Å²) in [5, 5.41) is 16.6. The number of hydrogen-bond acceptors (Lipinski definition) is 6. The zero-order valence-electron chi connectivity index (χ0n) is 18.6. The van der Waals surface area contributed by atoms with E-state index >= 15 is 0 Å². The van der Waals surface area contributed by atoms with Crippen LogP contribution in [0.2, 0.25) is 0 Å². The van der Waals surface area contributed by atoms with Crippen LogP contribution in [0.3, 0.4) is 0 Å². The summed E-state index contributed by atoms with van der Waals surface area (Å²) in [5.41, 5.74) is -0.0880. The Morgan fingerprint density at radius 1 is 1.06 bits per heavy atom. The van der Waals surface area contributed by atoms with Gasteiger partial charge in [-0.1, -0.05) is 26.8 Å². The van der Waals surface area contributed by atoms with E-state index < -0.39 is 10.9 Å². The van der Waals surface area contributed by atoms with E-state index in [1.165, 1.54) is 11.0 Å². The van der Waals surface area contributed by atoms with Crippen molar-refractivity contribution in [2.75, 3.05) is 24.7 Å². The van der Waals surface area contributed by atoms with E-state index in [1.54, 1.807) is 26.2 Å². The number of carbonyl (C=O) groups is 1. The topological polar surface area (TPSA) is 104 Å². The van der Waals surface area contributed by atoms with E-state index in [0.29, 0.717) is 0 Å². The Morgan fingerprint density at radius 2 is 1.71 bits per heavy atom. The summed E-state index contributed by atoms with van der Waals surface area (Å²) in [4.78, 5) is 38.3. The Hall–Kier alpha value is -3.55. The quantitative estimate of drug-likeness (QED) is 0.415. The van der Waals surface area contributed by atoms with Crippen LogP contribution in [-0.2, 0) is 7.05 Å². The number of amides is 1. The zero-order chi connectivity index (χ0) is 23.1. The number of hydrogen-bond donors (Lipinski definition) is 3. The molecule has 2 aromatic carbocycles. The van der Waals surface area contributed by atoms with Gasteiger partial charge in [0.1, 0.15) is 11.4 Å². The summed E-state index contributed by atoms with van der Waals surface area (Å²) in [6.45, 7) is 6.12. The molecule has 0 saturated carbocycles. The lowest BCUT2D eigenvalue weighted by molar-refractivity contribution is 0.0824. The maximum absolute atomic E-state index is 12.4. The number of aromatic nitrogens is 1. The summed E-state index contributed by atoms with van der Waals surface area (Å²) in [6.07, 6.45) is 1.92. The molecule has 1 atom stereocenters. The molecule has 0 bridgehead atoms. The monoisotopic (exact) mass is 424 g/mol. The van der Waals surface area contributed by atoms with Gasteiger partial charge in [-0.05, 0) is 29.7 Å². The first-order valence-corrected chi connectivity index (χ1v) is 9.95. The van der Waals surface area contributed by atoms with Crippen molar-refractivity contribution in [3.63, 3.8) is 0 Å². The van der Waals surface area contributed by atoms with Crippen LogP contribution in [0.25, 0.3) is 0 Å². The van der Waals surface area contributed by atoms with Gasteiger partial charge >= 0.3 is 0 Å². The van der Waals surface area contributed by atoms with Crippen LogP contribution in [0.1, 0.15) is 42.9 Å². The average molecular weight is 425 g/mol. The molecular weight excluding hydrogens is 396 g/mol. The Morgan fingerprint density at radius 3 is 2.26 bits per heavy atom. The number of rotatable bonds is 6. The highest BCUT2D eigenvalue weighted by molar-refractivity contribution is 5.99. The predicted molar refractivity (Wildman–Crippen MR) is 122 cm³/mol. The highest BCUT2D eigenvalue weighted by Gasteiger charge is 2.32. The van der Waals surface area contributed by atoms with Gasteiger partial charge in [-0.25, -0.2) is 0 Å². The van der Waals surface area contributed by atoms with Gasteiger partial charge in [0.2, 0.25) is 0 Å². The zero-order valence-corrected chi connectivity index (χ0v) is 18.6. The Bertz CT molecular complexity index is 1190. The first-order chi connectivity index (χ1) is 14.4. The molecule has 8 nitrogen and oxygen atoms in total. The van der Waals surface area contributed by atoms with Crippen molar-refractivity contribution in [3.8, 4) is 5.75 Å². The van der Waals surface area contributed by atoms with Crippen molar-refractivity contribution in [2.45, 2.75) is 26.8 Å². The molecule has 0 saturated heterocycles. The third kappa shape index (κ3) is 4.05. The molecule has 1 aromatic heterocycles. The standard InChI is InChI=1S/C23H28N4O4/c1-23(2,3)21(15-11-8-12-27(15)6)25-17-16(19(29)20(17)30)24-14-10-7-9-13(18(14)28)22(31)26(4)5/h7-12,21,24-25,28H,1-6H3. The molecule has 3 N–H and O–H groups in total. The lowest BCUT2D eigenvalue weighted by Crippen LogP contribution is -2.39. The molecule has 164 valence electrons. The fourth-order valence-electron chi connectivity index (χ4n) is 3.49. The van der Waals surface area contributed by atoms with Gasteiger partial charge < -0.3 is 25.2 Å². The van der Waals surface area contributed by atoms with Crippen molar-refractivity contribution in [1.29, 1.82) is 0 Å². The van der Waals surface area contributed by atoms with Gasteiger partial charge in [0.25, 0.3) is 16.8 Å². The minimum absolute atomic E-state index is 0.0678. The lowest BCUT2D eigenvalue weighted by Gasteiger charge is -2.33. The van der Waals surface area contributed by atoms with Crippen LogP contribution in [0.5, 0.6) is 5.75 Å². The number of anilines is 3. The van der Waals surface area contributed by atoms with Gasteiger partial charge in [0, 0.05) is 33.0 Å². The molecule has 0 spiro atoms. The van der Waals surface area contributed by atoms with E-state index in [4.69, 9.17) is 0 Å². The van der Waals surface area contributed by atoms with Crippen molar-refractivity contribution >= 4 is 23.0 Å². The largest absolute Gasteiger partial charge is 0.505 e. The van der Waals surface area contributed by atoms with Crippen molar-refractivity contribution < 1.29 is 9.90 Å². The van der Waals surface area contributed by atoms with Crippen LogP contribution < -0.4 is 21.5 Å². The first kappa shape index (κ1) is 22.1. The molecule has 0 aliphatic rings. The van der Waals surface area contributed by atoms with Gasteiger partial charge in [0.05, 0.1) is 17.3 Å².